The highest BCUT2D eigenvalue weighted by atomic mass is 32.2. The molecule has 1 N–H and O–H groups in total. The fraction of sp³-hybridized carbons (Fsp3) is 0.286. The summed E-state index contributed by atoms with van der Waals surface area (Å²) in [5, 5.41) is 13.0. The van der Waals surface area contributed by atoms with E-state index in [-0.39, 0.29) is 0 Å². The van der Waals surface area contributed by atoms with Crippen molar-refractivity contribution in [2.75, 3.05) is 11.7 Å². The summed E-state index contributed by atoms with van der Waals surface area (Å²) in [5.41, 5.74) is 6.83. The molecule has 104 valence electrons. The Morgan fingerprint density at radius 2 is 2.25 bits per heavy atom. The second-order valence-electron chi connectivity index (χ2n) is 4.22. The van der Waals surface area contributed by atoms with E-state index in [0.29, 0.717) is 5.16 Å². The van der Waals surface area contributed by atoms with Crippen LogP contribution in [0.5, 0.6) is 0 Å². The summed E-state index contributed by atoms with van der Waals surface area (Å²) in [6, 6.07) is 8.07. The lowest BCUT2D eigenvalue weighted by atomic mass is 10.2. The molecule has 0 unspecified atom stereocenters. The lowest BCUT2D eigenvalue weighted by Gasteiger charge is -2.06. The van der Waals surface area contributed by atoms with Crippen LogP contribution in [-0.2, 0) is 0 Å². The van der Waals surface area contributed by atoms with Gasteiger partial charge in [-0.05, 0) is 37.3 Å². The molecule has 0 aliphatic rings. The third kappa shape index (κ3) is 3.77. The Morgan fingerprint density at radius 3 is 2.95 bits per heavy atom. The smallest absolute Gasteiger partial charge is 0.209 e. The van der Waals surface area contributed by atoms with Gasteiger partial charge in [0.05, 0.1) is 17.6 Å². The van der Waals surface area contributed by atoms with Crippen LogP contribution in [0.1, 0.15) is 24.6 Å². The van der Waals surface area contributed by atoms with Crippen LogP contribution in [0, 0.1) is 6.92 Å². The van der Waals surface area contributed by atoms with Crippen LogP contribution >= 0.6 is 11.8 Å². The standard InChI is InChI=1S/C14H17N5S/c1-4-12(13-9-15-19-14(16-13)20-3)18-17-11-7-5-6-10(2)8-11/h5-9,17H,4H2,1-3H3/b18-12-. The van der Waals surface area contributed by atoms with Crippen molar-refractivity contribution in [2.24, 2.45) is 5.10 Å². The first-order valence-electron chi connectivity index (χ1n) is 6.36. The molecule has 1 heterocycles. The normalized spacial score (nSPS) is 11.4. The second-order valence-corrected chi connectivity index (χ2v) is 5.00. The maximum absolute atomic E-state index is 4.43. The molecule has 0 bridgehead atoms. The molecule has 6 heteroatoms. The topological polar surface area (TPSA) is 63.1 Å². The Kier molecular flexibility index (Phi) is 5.06. The minimum Gasteiger partial charge on any atom is -0.278 e. The number of nitrogens with zero attached hydrogens (tertiary/aromatic N) is 4. The van der Waals surface area contributed by atoms with E-state index in [4.69, 9.17) is 0 Å². The van der Waals surface area contributed by atoms with Gasteiger partial charge in [0, 0.05) is 0 Å². The molecule has 0 aliphatic carbocycles. The zero-order chi connectivity index (χ0) is 14.4. The van der Waals surface area contributed by atoms with E-state index in [1.807, 2.05) is 31.4 Å². The van der Waals surface area contributed by atoms with E-state index in [2.05, 4.69) is 38.7 Å². The first-order valence-corrected chi connectivity index (χ1v) is 7.58. The van der Waals surface area contributed by atoms with Crippen LogP contribution < -0.4 is 5.43 Å². The number of thioether (sulfide) groups is 1. The first-order chi connectivity index (χ1) is 9.72. The van der Waals surface area contributed by atoms with Gasteiger partial charge in [-0.3, -0.25) is 5.43 Å². The van der Waals surface area contributed by atoms with E-state index < -0.39 is 0 Å². The summed E-state index contributed by atoms with van der Waals surface area (Å²) in [5.74, 6) is 0. The minimum absolute atomic E-state index is 0.652. The van der Waals surface area contributed by atoms with Crippen molar-refractivity contribution in [1.82, 2.24) is 15.2 Å². The number of nitrogens with one attached hydrogen (secondary N) is 1. The van der Waals surface area contributed by atoms with Crippen LogP contribution in [0.4, 0.5) is 5.69 Å². The third-order valence-electron chi connectivity index (χ3n) is 2.69. The SMILES string of the molecule is CC/C(=N/Nc1cccc(C)c1)c1cnnc(SC)n1. The highest BCUT2D eigenvalue weighted by Gasteiger charge is 2.06. The Bertz CT molecular complexity index is 612. The molecule has 2 rings (SSSR count). The van der Waals surface area contributed by atoms with Gasteiger partial charge in [0.2, 0.25) is 5.16 Å². The highest BCUT2D eigenvalue weighted by Crippen LogP contribution is 2.11. The molecule has 5 nitrogen and oxygen atoms in total. The second kappa shape index (κ2) is 7.00. The molecule has 0 fully saturated rings. The summed E-state index contributed by atoms with van der Waals surface area (Å²) in [6.45, 7) is 4.09. The number of aryl methyl sites for hydroxylation is 1. The molecule has 20 heavy (non-hydrogen) atoms. The van der Waals surface area contributed by atoms with Crippen molar-refractivity contribution in [3.63, 3.8) is 0 Å². The number of benzene rings is 1. The van der Waals surface area contributed by atoms with Gasteiger partial charge < -0.3 is 0 Å². The van der Waals surface area contributed by atoms with Crippen molar-refractivity contribution in [3.05, 3.63) is 41.7 Å². The zero-order valence-corrected chi connectivity index (χ0v) is 12.6. The van der Waals surface area contributed by atoms with E-state index in [9.17, 15) is 0 Å². The van der Waals surface area contributed by atoms with Gasteiger partial charge >= 0.3 is 0 Å². The van der Waals surface area contributed by atoms with Gasteiger partial charge in [-0.1, -0.05) is 30.8 Å². The summed E-state index contributed by atoms with van der Waals surface area (Å²) >= 11 is 1.47. The van der Waals surface area contributed by atoms with Gasteiger partial charge in [0.15, 0.2) is 0 Å². The zero-order valence-electron chi connectivity index (χ0n) is 11.8. The molecular formula is C14H17N5S. The summed E-state index contributed by atoms with van der Waals surface area (Å²) in [7, 11) is 0. The number of aromatic nitrogens is 3. The molecule has 0 saturated heterocycles. The lowest BCUT2D eigenvalue weighted by Crippen LogP contribution is -2.08. The van der Waals surface area contributed by atoms with Crippen LogP contribution in [-0.4, -0.2) is 27.1 Å². The summed E-state index contributed by atoms with van der Waals surface area (Å²) < 4.78 is 0. The predicted molar refractivity (Wildman–Crippen MR) is 83.2 cm³/mol. The highest BCUT2D eigenvalue weighted by molar-refractivity contribution is 7.98. The summed E-state index contributed by atoms with van der Waals surface area (Å²) in [4.78, 5) is 4.41. The molecule has 0 aliphatic heterocycles. The van der Waals surface area contributed by atoms with Crippen molar-refractivity contribution >= 4 is 23.2 Å². The Balaban J connectivity index is 2.20. The molecular weight excluding hydrogens is 270 g/mol. The molecule has 2 aromatic rings. The maximum Gasteiger partial charge on any atom is 0.209 e. The van der Waals surface area contributed by atoms with Gasteiger partial charge in [-0.2, -0.15) is 10.2 Å². The van der Waals surface area contributed by atoms with Crippen LogP contribution in [0.15, 0.2) is 40.7 Å². The van der Waals surface area contributed by atoms with Crippen molar-refractivity contribution in [3.8, 4) is 0 Å². The van der Waals surface area contributed by atoms with E-state index in [0.717, 1.165) is 23.5 Å². The van der Waals surface area contributed by atoms with Crippen LogP contribution in [0.2, 0.25) is 0 Å². The van der Waals surface area contributed by atoms with Crippen molar-refractivity contribution in [1.29, 1.82) is 0 Å². The Hall–Kier alpha value is -1.95. The lowest BCUT2D eigenvalue weighted by molar-refractivity contribution is 0.831. The predicted octanol–water partition coefficient (Wildman–Crippen LogP) is 3.13. The van der Waals surface area contributed by atoms with Gasteiger partial charge in [-0.25, -0.2) is 4.98 Å². The van der Waals surface area contributed by atoms with E-state index in [1.165, 1.54) is 17.3 Å². The monoisotopic (exact) mass is 287 g/mol. The summed E-state index contributed by atoms with van der Waals surface area (Å²) in [6.07, 6.45) is 4.33. The molecule has 0 spiro atoms. The number of rotatable bonds is 5. The fourth-order valence-corrected chi connectivity index (χ4v) is 2.00. The number of hydrogen-bond acceptors (Lipinski definition) is 6. The molecule has 0 saturated carbocycles. The third-order valence-corrected chi connectivity index (χ3v) is 3.23. The molecule has 0 amide bonds. The molecule has 1 aromatic heterocycles. The first kappa shape index (κ1) is 14.5. The molecule has 0 atom stereocenters. The minimum atomic E-state index is 0.652. The fourth-order valence-electron chi connectivity index (χ4n) is 1.68. The Morgan fingerprint density at radius 1 is 1.40 bits per heavy atom. The molecule has 1 aromatic carbocycles. The van der Waals surface area contributed by atoms with Crippen LogP contribution in [0.25, 0.3) is 0 Å². The van der Waals surface area contributed by atoms with Gasteiger partial charge in [0.1, 0.15) is 5.69 Å². The van der Waals surface area contributed by atoms with Gasteiger partial charge in [0.25, 0.3) is 0 Å². The van der Waals surface area contributed by atoms with Crippen LogP contribution in [0.3, 0.4) is 0 Å². The number of hydrazone groups is 1. The number of anilines is 1. The quantitative estimate of drug-likeness (QED) is 0.520. The number of hydrogen-bond donors (Lipinski definition) is 1. The van der Waals surface area contributed by atoms with Crippen molar-refractivity contribution in [2.45, 2.75) is 25.4 Å². The Labute approximate surface area is 122 Å². The molecule has 0 radical (unpaired) electrons. The average molecular weight is 287 g/mol. The maximum atomic E-state index is 4.43. The largest absolute Gasteiger partial charge is 0.278 e. The van der Waals surface area contributed by atoms with Gasteiger partial charge in [-0.15, -0.1) is 5.10 Å². The van der Waals surface area contributed by atoms with Crippen molar-refractivity contribution < 1.29 is 0 Å². The average Bonchev–Trinajstić information content (AvgIpc) is 2.48. The van der Waals surface area contributed by atoms with E-state index >= 15 is 0 Å². The van der Waals surface area contributed by atoms with E-state index in [1.54, 1.807) is 6.20 Å².